The maximum absolute atomic E-state index is 9.66. The van der Waals surface area contributed by atoms with Gasteiger partial charge in [0.25, 0.3) is 0 Å². The summed E-state index contributed by atoms with van der Waals surface area (Å²) < 4.78 is 5.65. The van der Waals surface area contributed by atoms with Gasteiger partial charge in [-0.2, -0.15) is 5.26 Å². The Hall–Kier alpha value is -2.38. The monoisotopic (exact) mass is 268 g/mol. The number of pyridine rings is 1. The number of benzene rings is 1. The Morgan fingerprint density at radius 3 is 2.45 bits per heavy atom. The minimum absolute atomic E-state index is 0.394. The molecule has 0 unspecified atom stereocenters. The lowest BCUT2D eigenvalue weighted by atomic mass is 10.1. The van der Waals surface area contributed by atoms with Gasteiger partial charge in [-0.25, -0.2) is 0 Å². The summed E-state index contributed by atoms with van der Waals surface area (Å²) in [6.45, 7) is 1.90. The molecule has 4 heteroatoms. The summed E-state index contributed by atoms with van der Waals surface area (Å²) in [6, 6.07) is 13.0. The summed E-state index contributed by atoms with van der Waals surface area (Å²) in [5.41, 5.74) is 1.60. The van der Waals surface area contributed by atoms with Crippen LogP contribution in [0.25, 0.3) is 0 Å². The van der Waals surface area contributed by atoms with Crippen LogP contribution < -0.4 is 4.74 Å². The van der Waals surface area contributed by atoms with Gasteiger partial charge in [-0.05, 0) is 36.2 Å². The molecule has 0 saturated carbocycles. The maximum atomic E-state index is 9.66. The Labute approximate surface area is 118 Å². The van der Waals surface area contributed by atoms with E-state index in [0.717, 1.165) is 5.56 Å². The predicted molar refractivity (Wildman–Crippen MR) is 75.3 cm³/mol. The zero-order valence-corrected chi connectivity index (χ0v) is 11.3. The van der Waals surface area contributed by atoms with Crippen LogP contribution in [0.5, 0.6) is 11.5 Å². The van der Waals surface area contributed by atoms with Gasteiger partial charge in [0.05, 0.1) is 30.5 Å². The Balaban J connectivity index is 2.04. The van der Waals surface area contributed by atoms with Gasteiger partial charge in [-0.3, -0.25) is 4.98 Å². The zero-order valence-electron chi connectivity index (χ0n) is 11.3. The molecule has 0 aliphatic heterocycles. The molecule has 1 N–H and O–H groups in total. The van der Waals surface area contributed by atoms with E-state index in [1.165, 1.54) is 0 Å². The molecule has 102 valence electrons. The number of nitriles is 1. The van der Waals surface area contributed by atoms with Crippen molar-refractivity contribution in [1.29, 1.82) is 5.26 Å². The van der Waals surface area contributed by atoms with E-state index >= 15 is 0 Å². The van der Waals surface area contributed by atoms with E-state index in [1.54, 1.807) is 18.3 Å². The van der Waals surface area contributed by atoms with Crippen LogP contribution in [0.15, 0.2) is 42.6 Å². The first-order valence-corrected chi connectivity index (χ1v) is 6.50. The largest absolute Gasteiger partial charge is 0.456 e. The zero-order chi connectivity index (χ0) is 14.4. The van der Waals surface area contributed by atoms with E-state index in [-0.39, 0.29) is 0 Å². The van der Waals surface area contributed by atoms with E-state index in [1.807, 2.05) is 31.2 Å². The van der Waals surface area contributed by atoms with Crippen LogP contribution >= 0.6 is 0 Å². The van der Waals surface area contributed by atoms with Crippen molar-refractivity contribution in [2.45, 2.75) is 25.9 Å². The minimum Gasteiger partial charge on any atom is -0.456 e. The van der Waals surface area contributed by atoms with Gasteiger partial charge in [-0.15, -0.1) is 0 Å². The van der Waals surface area contributed by atoms with Crippen molar-refractivity contribution in [2.24, 2.45) is 0 Å². The highest BCUT2D eigenvalue weighted by molar-refractivity contribution is 5.33. The van der Waals surface area contributed by atoms with Gasteiger partial charge < -0.3 is 9.84 Å². The molecular weight excluding hydrogens is 252 g/mol. The molecule has 1 aromatic carbocycles. The lowest BCUT2D eigenvalue weighted by Crippen LogP contribution is -1.98. The van der Waals surface area contributed by atoms with Crippen molar-refractivity contribution in [3.05, 3.63) is 53.9 Å². The number of ether oxygens (including phenoxy) is 1. The fourth-order valence-corrected chi connectivity index (χ4v) is 1.76. The average molecular weight is 268 g/mol. The standard InChI is InChI=1S/C16H16N2O2/c1-2-16(19)15-8-7-14(11-18-15)20-13-5-3-12(4-6-13)9-10-17/h3-8,11,16,19H,2,9H2,1H3/t16-/m1/s1. The first kappa shape index (κ1) is 14.0. The number of nitrogens with zero attached hydrogens (tertiary/aromatic N) is 2. The highest BCUT2D eigenvalue weighted by Crippen LogP contribution is 2.23. The van der Waals surface area contributed by atoms with E-state index in [9.17, 15) is 5.11 Å². The van der Waals surface area contributed by atoms with Crippen molar-refractivity contribution in [2.75, 3.05) is 0 Å². The number of aliphatic hydroxyl groups is 1. The topological polar surface area (TPSA) is 66.1 Å². The first-order chi connectivity index (χ1) is 9.72. The summed E-state index contributed by atoms with van der Waals surface area (Å²) in [5.74, 6) is 1.31. The Bertz CT molecular complexity index is 585. The molecule has 1 heterocycles. The molecule has 0 aliphatic carbocycles. The van der Waals surface area contributed by atoms with Crippen LogP contribution in [0.4, 0.5) is 0 Å². The number of aromatic nitrogens is 1. The van der Waals surface area contributed by atoms with Gasteiger partial charge in [0, 0.05) is 0 Å². The normalized spacial score (nSPS) is 11.7. The van der Waals surface area contributed by atoms with E-state index in [4.69, 9.17) is 10.00 Å². The molecule has 4 nitrogen and oxygen atoms in total. The summed E-state index contributed by atoms with van der Waals surface area (Å²) in [7, 11) is 0. The molecule has 0 radical (unpaired) electrons. The predicted octanol–water partition coefficient (Wildman–Crippen LogP) is 3.38. The third-order valence-electron chi connectivity index (χ3n) is 2.93. The summed E-state index contributed by atoms with van der Waals surface area (Å²) in [4.78, 5) is 4.17. The number of aliphatic hydroxyl groups excluding tert-OH is 1. The second kappa shape index (κ2) is 6.69. The molecule has 1 aromatic heterocycles. The maximum Gasteiger partial charge on any atom is 0.145 e. The van der Waals surface area contributed by atoms with E-state index < -0.39 is 6.10 Å². The molecule has 20 heavy (non-hydrogen) atoms. The van der Waals surface area contributed by atoms with Gasteiger partial charge in [0.15, 0.2) is 0 Å². The van der Waals surface area contributed by atoms with Crippen LogP contribution in [-0.2, 0) is 6.42 Å². The summed E-state index contributed by atoms with van der Waals surface area (Å²) in [6.07, 6.45) is 2.09. The molecule has 1 atom stereocenters. The average Bonchev–Trinajstić information content (AvgIpc) is 2.49. The number of hydrogen-bond acceptors (Lipinski definition) is 4. The molecule has 0 fully saturated rings. The Morgan fingerprint density at radius 2 is 1.90 bits per heavy atom. The molecular formula is C16H16N2O2. The third-order valence-corrected chi connectivity index (χ3v) is 2.93. The highest BCUT2D eigenvalue weighted by atomic mass is 16.5. The molecule has 2 rings (SSSR count). The summed E-state index contributed by atoms with van der Waals surface area (Å²) in [5, 5.41) is 18.3. The van der Waals surface area contributed by atoms with Crippen LogP contribution in [0, 0.1) is 11.3 Å². The SMILES string of the molecule is CC[C@@H](O)c1ccc(Oc2ccc(CC#N)cc2)cn1. The van der Waals surface area contributed by atoms with Crippen LogP contribution in [0.2, 0.25) is 0 Å². The smallest absolute Gasteiger partial charge is 0.145 e. The second-order valence-corrected chi connectivity index (χ2v) is 4.42. The molecule has 0 saturated heterocycles. The molecule has 2 aromatic rings. The summed E-state index contributed by atoms with van der Waals surface area (Å²) >= 11 is 0. The van der Waals surface area contributed by atoms with Crippen LogP contribution in [0.1, 0.15) is 30.7 Å². The van der Waals surface area contributed by atoms with Gasteiger partial charge >= 0.3 is 0 Å². The van der Waals surface area contributed by atoms with Crippen molar-refractivity contribution < 1.29 is 9.84 Å². The fraction of sp³-hybridized carbons (Fsp3) is 0.250. The van der Waals surface area contributed by atoms with E-state index in [0.29, 0.717) is 30.0 Å². The lowest BCUT2D eigenvalue weighted by molar-refractivity contribution is 0.169. The van der Waals surface area contributed by atoms with E-state index in [2.05, 4.69) is 11.1 Å². The molecule has 0 spiro atoms. The van der Waals surface area contributed by atoms with Crippen LogP contribution in [-0.4, -0.2) is 10.1 Å². The first-order valence-electron chi connectivity index (χ1n) is 6.50. The Morgan fingerprint density at radius 1 is 1.20 bits per heavy atom. The molecule has 0 amide bonds. The Kier molecular flexibility index (Phi) is 4.70. The van der Waals surface area contributed by atoms with Gasteiger partial charge in [0.2, 0.25) is 0 Å². The van der Waals surface area contributed by atoms with Crippen molar-refractivity contribution in [1.82, 2.24) is 4.98 Å². The van der Waals surface area contributed by atoms with Gasteiger partial charge in [-0.1, -0.05) is 19.1 Å². The van der Waals surface area contributed by atoms with Crippen molar-refractivity contribution in [3.63, 3.8) is 0 Å². The molecule has 0 bridgehead atoms. The minimum atomic E-state index is -0.533. The van der Waals surface area contributed by atoms with Gasteiger partial charge in [0.1, 0.15) is 11.5 Å². The lowest BCUT2D eigenvalue weighted by Gasteiger charge is -2.09. The second-order valence-electron chi connectivity index (χ2n) is 4.42. The van der Waals surface area contributed by atoms with Crippen molar-refractivity contribution in [3.8, 4) is 17.6 Å². The van der Waals surface area contributed by atoms with Crippen molar-refractivity contribution >= 4 is 0 Å². The number of rotatable bonds is 5. The third kappa shape index (κ3) is 3.56. The number of hydrogen-bond donors (Lipinski definition) is 1. The quantitative estimate of drug-likeness (QED) is 0.902. The molecule has 0 aliphatic rings. The van der Waals surface area contributed by atoms with Crippen LogP contribution in [0.3, 0.4) is 0 Å². The highest BCUT2D eigenvalue weighted by Gasteiger charge is 2.06. The fourth-order valence-electron chi connectivity index (χ4n) is 1.76.